The quantitative estimate of drug-likeness (QED) is 0.384. The maximum Gasteiger partial charge on any atom is 0.169 e. The molecule has 0 amide bonds. The lowest BCUT2D eigenvalue weighted by molar-refractivity contribution is -0.128. The van der Waals surface area contributed by atoms with E-state index in [9.17, 15) is 9.59 Å². The Morgan fingerprint density at radius 1 is 1.15 bits per heavy atom. The zero-order chi connectivity index (χ0) is 18.9. The van der Waals surface area contributed by atoms with Crippen molar-refractivity contribution in [2.24, 2.45) is 34.5 Å². The average molecular weight is 551 g/mol. The van der Waals surface area contributed by atoms with Crippen LogP contribution in [-0.4, -0.2) is 20.1 Å². The molecule has 7 atom stereocenters. The Bertz CT molecular complexity index is 672. The second kappa shape index (κ2) is 6.79. The molecule has 0 aliphatic heterocycles. The Morgan fingerprint density at radius 3 is 2.58 bits per heavy atom. The van der Waals surface area contributed by atoms with E-state index in [0.717, 1.165) is 25.7 Å². The lowest BCUT2D eigenvalue weighted by Crippen LogP contribution is -2.52. The summed E-state index contributed by atoms with van der Waals surface area (Å²) in [4.78, 5) is 25.0. The van der Waals surface area contributed by atoms with E-state index in [1.165, 1.54) is 24.8 Å². The third-order valence-electron chi connectivity index (χ3n) is 8.52. The predicted molar refractivity (Wildman–Crippen MR) is 115 cm³/mol. The van der Waals surface area contributed by atoms with Crippen molar-refractivity contribution in [3.05, 3.63) is 11.6 Å². The lowest BCUT2D eigenvalue weighted by Gasteiger charge is -2.58. The first-order valence-electron chi connectivity index (χ1n) is 9.89. The van der Waals surface area contributed by atoms with Crippen LogP contribution in [0, 0.1) is 34.5 Å². The number of fused-ring (bicyclic) bond motifs is 5. The molecule has 0 radical (unpaired) electrons. The van der Waals surface area contributed by atoms with Gasteiger partial charge in [-0.3, -0.25) is 9.59 Å². The molecule has 0 N–H and O–H groups in total. The van der Waals surface area contributed by atoms with Crippen LogP contribution in [0.25, 0.3) is 0 Å². The van der Waals surface area contributed by atoms with Gasteiger partial charge >= 0.3 is 0 Å². The summed E-state index contributed by atoms with van der Waals surface area (Å²) in [5, 5.41) is 0. The van der Waals surface area contributed by atoms with Crippen LogP contribution in [0.15, 0.2) is 11.6 Å². The molecular formula is C21H27Br3O2. The fourth-order valence-corrected chi connectivity index (χ4v) is 8.64. The van der Waals surface area contributed by atoms with E-state index in [1.54, 1.807) is 0 Å². The molecule has 26 heavy (non-hydrogen) atoms. The van der Waals surface area contributed by atoms with Crippen molar-refractivity contribution in [1.29, 1.82) is 0 Å². The molecule has 7 unspecified atom stereocenters. The molecule has 5 heteroatoms. The van der Waals surface area contributed by atoms with Gasteiger partial charge in [-0.05, 0) is 79.6 Å². The lowest BCUT2D eigenvalue weighted by atomic mass is 9.46. The van der Waals surface area contributed by atoms with Crippen molar-refractivity contribution in [2.75, 3.05) is 0 Å². The van der Waals surface area contributed by atoms with Crippen molar-refractivity contribution < 1.29 is 9.59 Å². The van der Waals surface area contributed by atoms with E-state index in [4.69, 9.17) is 0 Å². The summed E-state index contributed by atoms with van der Waals surface area (Å²) in [6.45, 7) is 4.79. The van der Waals surface area contributed by atoms with Gasteiger partial charge in [-0.25, -0.2) is 0 Å². The SMILES string of the molecule is CC12CC(Br)C(=O)C=C1CCC1C2CCC2(C)C(C(=O)C(Br)Br)CCC12. The number of ketones is 2. The van der Waals surface area contributed by atoms with E-state index in [2.05, 4.69) is 61.6 Å². The fourth-order valence-electron chi connectivity index (χ4n) is 7.20. The molecule has 2 nitrogen and oxygen atoms in total. The van der Waals surface area contributed by atoms with Gasteiger partial charge in [0.1, 0.15) is 3.74 Å². The van der Waals surface area contributed by atoms with Crippen molar-refractivity contribution in [3.8, 4) is 0 Å². The van der Waals surface area contributed by atoms with Gasteiger partial charge in [0.15, 0.2) is 11.6 Å². The molecule has 4 rings (SSSR count). The second-order valence-corrected chi connectivity index (χ2v) is 13.6. The number of alkyl halides is 3. The first-order valence-corrected chi connectivity index (χ1v) is 12.6. The van der Waals surface area contributed by atoms with E-state index >= 15 is 0 Å². The highest BCUT2D eigenvalue weighted by atomic mass is 79.9. The second-order valence-electron chi connectivity index (χ2n) is 9.45. The normalized spacial score (nSPS) is 47.8. The minimum atomic E-state index is -0.217. The van der Waals surface area contributed by atoms with Crippen LogP contribution in [-0.2, 0) is 9.59 Å². The van der Waals surface area contributed by atoms with Gasteiger partial charge in [-0.2, -0.15) is 0 Å². The number of allylic oxidation sites excluding steroid dienone is 1. The number of carbonyl (C=O) groups excluding carboxylic acids is 2. The topological polar surface area (TPSA) is 34.1 Å². The summed E-state index contributed by atoms with van der Waals surface area (Å²) >= 11 is 10.5. The Labute approximate surface area is 181 Å². The van der Waals surface area contributed by atoms with Crippen LogP contribution in [0.1, 0.15) is 58.8 Å². The molecular weight excluding hydrogens is 524 g/mol. The highest BCUT2D eigenvalue weighted by Gasteiger charge is 2.60. The van der Waals surface area contributed by atoms with E-state index in [0.29, 0.717) is 23.5 Å². The van der Waals surface area contributed by atoms with Gasteiger partial charge in [0.05, 0.1) is 4.83 Å². The third-order valence-corrected chi connectivity index (χ3v) is 10.2. The number of hydrogen-bond donors (Lipinski definition) is 0. The van der Waals surface area contributed by atoms with Crippen molar-refractivity contribution in [1.82, 2.24) is 0 Å². The highest BCUT2D eigenvalue weighted by molar-refractivity contribution is 9.25. The molecule has 0 saturated heterocycles. The van der Waals surface area contributed by atoms with Gasteiger partial charge in [-0.1, -0.05) is 67.2 Å². The molecule has 0 spiro atoms. The summed E-state index contributed by atoms with van der Waals surface area (Å²) in [5.41, 5.74) is 1.70. The molecule has 4 aliphatic carbocycles. The maximum atomic E-state index is 12.8. The highest BCUT2D eigenvalue weighted by Crippen LogP contribution is 2.67. The van der Waals surface area contributed by atoms with Crippen LogP contribution >= 0.6 is 47.8 Å². The van der Waals surface area contributed by atoms with Gasteiger partial charge in [0.25, 0.3) is 0 Å². The zero-order valence-corrected chi connectivity index (χ0v) is 20.2. The smallest absolute Gasteiger partial charge is 0.169 e. The minimum Gasteiger partial charge on any atom is -0.297 e. The Hall–Kier alpha value is 0.520. The van der Waals surface area contributed by atoms with Crippen molar-refractivity contribution in [2.45, 2.75) is 67.4 Å². The van der Waals surface area contributed by atoms with Crippen molar-refractivity contribution >= 4 is 59.4 Å². The molecule has 0 aromatic carbocycles. The van der Waals surface area contributed by atoms with Gasteiger partial charge in [0, 0.05) is 5.92 Å². The largest absolute Gasteiger partial charge is 0.297 e. The van der Waals surface area contributed by atoms with E-state index in [1.807, 2.05) is 6.08 Å². The van der Waals surface area contributed by atoms with Gasteiger partial charge < -0.3 is 0 Å². The first-order chi connectivity index (χ1) is 12.2. The average Bonchev–Trinajstić information content (AvgIpc) is 2.92. The number of Topliss-reactive ketones (excluding diaryl/α,β-unsaturated/α-hetero) is 1. The molecule has 0 heterocycles. The van der Waals surface area contributed by atoms with Crippen LogP contribution in [0.2, 0.25) is 0 Å². The molecule has 144 valence electrons. The summed E-state index contributed by atoms with van der Waals surface area (Å²) in [7, 11) is 0. The Balaban J connectivity index is 1.64. The number of rotatable bonds is 2. The molecule has 0 aromatic rings. The zero-order valence-electron chi connectivity index (χ0n) is 15.4. The number of hydrogen-bond acceptors (Lipinski definition) is 2. The van der Waals surface area contributed by atoms with Crippen LogP contribution in [0.4, 0.5) is 0 Å². The first kappa shape index (κ1) is 19.8. The van der Waals surface area contributed by atoms with Crippen LogP contribution in [0.5, 0.6) is 0 Å². The summed E-state index contributed by atoms with van der Waals surface area (Å²) in [5.74, 6) is 2.78. The summed E-state index contributed by atoms with van der Waals surface area (Å²) in [6.07, 6.45) is 9.71. The predicted octanol–water partition coefficient (Wildman–Crippen LogP) is 6.19. The van der Waals surface area contributed by atoms with Crippen LogP contribution < -0.4 is 0 Å². The van der Waals surface area contributed by atoms with Gasteiger partial charge in [-0.15, -0.1) is 0 Å². The molecule has 0 aromatic heterocycles. The molecule has 3 fully saturated rings. The summed E-state index contributed by atoms with van der Waals surface area (Å²) < 4.78 is -0.217. The molecule has 3 saturated carbocycles. The number of halogens is 3. The minimum absolute atomic E-state index is 0.0243. The monoisotopic (exact) mass is 548 g/mol. The van der Waals surface area contributed by atoms with E-state index < -0.39 is 0 Å². The maximum absolute atomic E-state index is 12.8. The summed E-state index contributed by atoms with van der Waals surface area (Å²) in [6, 6.07) is 0. The van der Waals surface area contributed by atoms with Gasteiger partial charge in [0.2, 0.25) is 0 Å². The number of carbonyl (C=O) groups is 2. The Kier molecular flexibility index (Phi) is 5.18. The van der Waals surface area contributed by atoms with Crippen molar-refractivity contribution in [3.63, 3.8) is 0 Å². The van der Waals surface area contributed by atoms with E-state index in [-0.39, 0.29) is 31.1 Å². The standard InChI is InChI=1S/C21H27Br3O2/c1-20-8-7-14-12(13(20)5-6-15(20)18(26)19(23)24)4-3-11-9-17(25)16(22)10-21(11,14)2/h9,12-16,19H,3-8,10H2,1-2H3. The van der Waals surface area contributed by atoms with Crippen LogP contribution in [0.3, 0.4) is 0 Å². The third kappa shape index (κ3) is 2.81. The molecule has 0 bridgehead atoms. The Morgan fingerprint density at radius 2 is 1.88 bits per heavy atom. The molecule has 4 aliphatic rings. The fraction of sp³-hybridized carbons (Fsp3) is 0.810.